The Hall–Kier alpha value is -4.02. The molecule has 1 atom stereocenters. The van der Waals surface area contributed by atoms with Crippen molar-refractivity contribution in [2.75, 3.05) is 6.61 Å². The molecule has 0 aliphatic rings. The number of nitrogens with zero attached hydrogens (tertiary/aromatic N) is 3. The molecule has 1 amide bonds. The van der Waals surface area contributed by atoms with Crippen LogP contribution in [-0.2, 0) is 4.79 Å². The minimum Gasteiger partial charge on any atom is -0.502 e. The van der Waals surface area contributed by atoms with Crippen LogP contribution in [0.2, 0.25) is 0 Å². The third kappa shape index (κ3) is 5.74. The first-order valence-corrected chi connectivity index (χ1v) is 8.93. The zero-order valence-corrected chi connectivity index (χ0v) is 16.3. The van der Waals surface area contributed by atoms with Crippen LogP contribution in [0.1, 0.15) is 37.3 Å². The quantitative estimate of drug-likeness (QED) is 0.361. The summed E-state index contributed by atoms with van der Waals surface area (Å²) in [6, 6.07) is 8.85. The number of carbonyl (C=O) groups is 1. The first-order chi connectivity index (χ1) is 14.2. The molecule has 0 aliphatic carbocycles. The lowest BCUT2D eigenvalue weighted by atomic mass is 9.99. The number of phenols is 1. The molecule has 0 bridgehead atoms. The van der Waals surface area contributed by atoms with Gasteiger partial charge < -0.3 is 9.84 Å². The van der Waals surface area contributed by atoms with Gasteiger partial charge in [-0.3, -0.25) is 25.0 Å². The summed E-state index contributed by atoms with van der Waals surface area (Å²) >= 11 is 0. The van der Waals surface area contributed by atoms with E-state index in [9.17, 15) is 30.1 Å². The molecule has 0 saturated heterocycles. The number of nitro benzene ring substituents is 2. The van der Waals surface area contributed by atoms with Crippen LogP contribution in [0.15, 0.2) is 41.5 Å². The van der Waals surface area contributed by atoms with E-state index in [0.717, 1.165) is 24.3 Å². The van der Waals surface area contributed by atoms with Gasteiger partial charge in [0.2, 0.25) is 5.75 Å². The van der Waals surface area contributed by atoms with Crippen LogP contribution in [0, 0.1) is 20.2 Å². The Morgan fingerprint density at radius 3 is 2.47 bits per heavy atom. The number of benzene rings is 2. The lowest BCUT2D eigenvalue weighted by molar-refractivity contribution is -0.394. The third-order valence-electron chi connectivity index (χ3n) is 4.34. The van der Waals surface area contributed by atoms with Crippen molar-refractivity contribution in [2.45, 2.75) is 26.2 Å². The van der Waals surface area contributed by atoms with Crippen LogP contribution in [0.4, 0.5) is 11.4 Å². The number of amides is 1. The minimum absolute atomic E-state index is 0.294. The second kappa shape index (κ2) is 9.96. The van der Waals surface area contributed by atoms with Crippen molar-refractivity contribution in [1.82, 2.24) is 5.43 Å². The molecule has 158 valence electrons. The molecule has 11 heteroatoms. The summed E-state index contributed by atoms with van der Waals surface area (Å²) in [7, 11) is 0. The van der Waals surface area contributed by atoms with Crippen LogP contribution >= 0.6 is 0 Å². The fourth-order valence-corrected chi connectivity index (χ4v) is 2.45. The second-order valence-electron chi connectivity index (χ2n) is 6.38. The highest BCUT2D eigenvalue weighted by atomic mass is 16.6. The number of nitrogens with one attached hydrogen (secondary N) is 1. The van der Waals surface area contributed by atoms with E-state index in [1.807, 2.05) is 12.1 Å². The highest BCUT2D eigenvalue weighted by Crippen LogP contribution is 2.33. The molecular formula is C19H20N4O7. The van der Waals surface area contributed by atoms with Crippen LogP contribution in [0.5, 0.6) is 11.5 Å². The van der Waals surface area contributed by atoms with Crippen LogP contribution < -0.4 is 10.2 Å². The monoisotopic (exact) mass is 416 g/mol. The van der Waals surface area contributed by atoms with E-state index in [0.29, 0.717) is 17.7 Å². The maximum Gasteiger partial charge on any atom is 0.318 e. The van der Waals surface area contributed by atoms with Gasteiger partial charge in [-0.2, -0.15) is 5.10 Å². The summed E-state index contributed by atoms with van der Waals surface area (Å²) in [5, 5.41) is 35.2. The lowest BCUT2D eigenvalue weighted by Gasteiger charge is -2.10. The number of aromatic hydroxyl groups is 1. The molecule has 0 fully saturated rings. The molecule has 0 heterocycles. The third-order valence-corrected chi connectivity index (χ3v) is 4.34. The van der Waals surface area contributed by atoms with Gasteiger partial charge in [0.25, 0.3) is 11.6 Å². The van der Waals surface area contributed by atoms with Gasteiger partial charge in [-0.25, -0.2) is 5.43 Å². The maximum atomic E-state index is 11.8. The van der Waals surface area contributed by atoms with Crippen molar-refractivity contribution in [3.05, 3.63) is 67.8 Å². The SMILES string of the molecule is CC[C@@H](C)c1ccc(OCC(=O)N/N=C/c2cc([N+](=O)[O-])cc([N+](=O)[O-])c2O)cc1. The Balaban J connectivity index is 1.99. The van der Waals surface area contributed by atoms with Crippen molar-refractivity contribution in [3.8, 4) is 11.5 Å². The summed E-state index contributed by atoms with van der Waals surface area (Å²) in [6.45, 7) is 3.85. The minimum atomic E-state index is -0.960. The summed E-state index contributed by atoms with van der Waals surface area (Å²) in [6.07, 6.45) is 1.87. The topological polar surface area (TPSA) is 157 Å². The molecule has 2 rings (SSSR count). The predicted molar refractivity (Wildman–Crippen MR) is 108 cm³/mol. The van der Waals surface area contributed by atoms with Gasteiger partial charge in [-0.05, 0) is 30.0 Å². The van der Waals surface area contributed by atoms with Crippen LogP contribution in [0.25, 0.3) is 0 Å². The van der Waals surface area contributed by atoms with Crippen molar-refractivity contribution in [3.63, 3.8) is 0 Å². The molecule has 11 nitrogen and oxygen atoms in total. The zero-order valence-electron chi connectivity index (χ0n) is 16.3. The number of non-ortho nitro benzene ring substituents is 1. The standard InChI is InChI=1S/C19H20N4O7/c1-3-12(2)13-4-6-16(7-5-13)30-11-18(24)21-20-10-14-8-15(22(26)27)9-17(19(14)25)23(28)29/h4-10,12,25H,3,11H2,1-2H3,(H,21,24)/b20-10+/t12-/m1/s1. The van der Waals surface area contributed by atoms with Gasteiger partial charge in [-0.1, -0.05) is 26.0 Å². The Morgan fingerprint density at radius 1 is 1.23 bits per heavy atom. The highest BCUT2D eigenvalue weighted by Gasteiger charge is 2.23. The number of hydrogen-bond donors (Lipinski definition) is 2. The number of hydrazone groups is 1. The fraction of sp³-hybridized carbons (Fsp3) is 0.263. The smallest absolute Gasteiger partial charge is 0.318 e. The molecule has 0 spiro atoms. The molecule has 2 N–H and O–H groups in total. The first-order valence-electron chi connectivity index (χ1n) is 8.93. The molecule has 0 unspecified atom stereocenters. The van der Waals surface area contributed by atoms with Gasteiger partial charge in [0.1, 0.15) is 5.75 Å². The van der Waals surface area contributed by atoms with Gasteiger partial charge in [0.05, 0.1) is 27.7 Å². The molecule has 0 radical (unpaired) electrons. The summed E-state index contributed by atoms with van der Waals surface area (Å²) in [5.74, 6) is -0.524. The predicted octanol–water partition coefficient (Wildman–Crippen LogP) is 3.25. The van der Waals surface area contributed by atoms with Gasteiger partial charge >= 0.3 is 5.69 Å². The zero-order chi connectivity index (χ0) is 22.3. The van der Waals surface area contributed by atoms with Crippen LogP contribution in [0.3, 0.4) is 0 Å². The number of phenolic OH excluding ortho intramolecular Hbond substituents is 1. The average Bonchev–Trinajstić information content (AvgIpc) is 2.72. The van der Waals surface area contributed by atoms with E-state index in [1.54, 1.807) is 12.1 Å². The second-order valence-corrected chi connectivity index (χ2v) is 6.38. The van der Waals surface area contributed by atoms with Crippen molar-refractivity contribution < 1.29 is 24.5 Å². The molecule has 0 aliphatic heterocycles. The molecular weight excluding hydrogens is 396 g/mol. The summed E-state index contributed by atoms with van der Waals surface area (Å²) < 4.78 is 5.35. The van der Waals surface area contributed by atoms with Crippen molar-refractivity contribution in [2.24, 2.45) is 5.10 Å². The number of hydrogen-bond acceptors (Lipinski definition) is 8. The first kappa shape index (κ1) is 22.3. The van der Waals surface area contributed by atoms with E-state index < -0.39 is 32.9 Å². The number of ether oxygens (including phenoxy) is 1. The summed E-state index contributed by atoms with van der Waals surface area (Å²) in [4.78, 5) is 31.8. The van der Waals surface area contributed by atoms with Crippen molar-refractivity contribution >= 4 is 23.5 Å². The maximum absolute atomic E-state index is 11.8. The van der Waals surface area contributed by atoms with Crippen molar-refractivity contribution in [1.29, 1.82) is 0 Å². The Bertz CT molecular complexity index is 974. The molecule has 0 aromatic heterocycles. The van der Waals surface area contributed by atoms with E-state index in [2.05, 4.69) is 24.4 Å². The summed E-state index contributed by atoms with van der Waals surface area (Å²) in [5.41, 5.74) is 1.54. The van der Waals surface area contributed by atoms with E-state index >= 15 is 0 Å². The molecule has 2 aromatic rings. The number of nitro groups is 2. The Kier molecular flexibility index (Phi) is 7.39. The number of carbonyl (C=O) groups excluding carboxylic acids is 1. The fourth-order valence-electron chi connectivity index (χ4n) is 2.45. The van der Waals surface area contributed by atoms with E-state index in [4.69, 9.17) is 4.74 Å². The van der Waals surface area contributed by atoms with E-state index in [-0.39, 0.29) is 12.2 Å². The lowest BCUT2D eigenvalue weighted by Crippen LogP contribution is -2.24. The average molecular weight is 416 g/mol. The Morgan fingerprint density at radius 2 is 1.90 bits per heavy atom. The number of rotatable bonds is 9. The van der Waals surface area contributed by atoms with Gasteiger partial charge in [0, 0.05) is 6.07 Å². The van der Waals surface area contributed by atoms with Gasteiger partial charge in [0.15, 0.2) is 6.61 Å². The van der Waals surface area contributed by atoms with Gasteiger partial charge in [-0.15, -0.1) is 0 Å². The normalized spacial score (nSPS) is 11.8. The Labute approximate surface area is 171 Å². The van der Waals surface area contributed by atoms with Crippen LogP contribution in [-0.4, -0.2) is 33.7 Å². The molecule has 30 heavy (non-hydrogen) atoms. The highest BCUT2D eigenvalue weighted by molar-refractivity contribution is 5.88. The van der Waals surface area contributed by atoms with E-state index in [1.165, 1.54) is 0 Å². The largest absolute Gasteiger partial charge is 0.502 e. The molecule has 0 saturated carbocycles. The molecule has 2 aromatic carbocycles.